The quantitative estimate of drug-likeness (QED) is 0.806. The number of thiocarbonyl (C=S) groups is 1. The monoisotopic (exact) mass is 313 g/mol. The van der Waals surface area contributed by atoms with Gasteiger partial charge in [-0.3, -0.25) is 4.90 Å². The largest absolute Gasteiger partial charge is 0.392 e. The molecule has 1 aromatic rings. The zero-order valence-corrected chi connectivity index (χ0v) is 13.8. The van der Waals surface area contributed by atoms with Gasteiger partial charge in [0.05, 0.1) is 11.0 Å². The summed E-state index contributed by atoms with van der Waals surface area (Å²) in [7, 11) is 0. The molecule has 112 valence electrons. The summed E-state index contributed by atoms with van der Waals surface area (Å²) < 4.78 is 4.36. The van der Waals surface area contributed by atoms with E-state index < -0.39 is 0 Å². The second-order valence-electron chi connectivity index (χ2n) is 5.08. The number of piperazine rings is 1. The van der Waals surface area contributed by atoms with Crippen molar-refractivity contribution in [2.24, 2.45) is 5.73 Å². The Kier molecular flexibility index (Phi) is 5.68. The smallest absolute Gasteiger partial charge is 0.205 e. The minimum atomic E-state index is 0.248. The molecule has 1 unspecified atom stereocenters. The summed E-state index contributed by atoms with van der Waals surface area (Å²) in [5.74, 6) is 0.944. The van der Waals surface area contributed by atoms with E-state index >= 15 is 0 Å². The molecule has 2 rings (SSSR count). The van der Waals surface area contributed by atoms with Gasteiger partial charge in [0.15, 0.2) is 0 Å². The van der Waals surface area contributed by atoms with Gasteiger partial charge in [0.1, 0.15) is 5.82 Å². The summed E-state index contributed by atoms with van der Waals surface area (Å²) in [6, 6.07) is 0.248. The van der Waals surface area contributed by atoms with Crippen molar-refractivity contribution in [1.29, 1.82) is 0 Å². The van der Waals surface area contributed by atoms with Crippen molar-refractivity contribution in [2.75, 3.05) is 31.1 Å². The molecule has 1 aliphatic heterocycles. The standard InChI is InChI=1S/C13H23N5S2/c1-3-5-10(12(14)19)17-6-8-18(9-7-17)13-15-11(4-2)16-20-13/h10H,3-9H2,1-2H3,(H2,14,19). The van der Waals surface area contributed by atoms with Crippen LogP contribution in [0, 0.1) is 0 Å². The van der Waals surface area contributed by atoms with Gasteiger partial charge >= 0.3 is 0 Å². The maximum absolute atomic E-state index is 5.88. The van der Waals surface area contributed by atoms with Crippen molar-refractivity contribution in [3.63, 3.8) is 0 Å². The first-order valence-corrected chi connectivity index (χ1v) is 8.44. The van der Waals surface area contributed by atoms with E-state index in [0.717, 1.165) is 56.4 Å². The normalized spacial score (nSPS) is 18.2. The van der Waals surface area contributed by atoms with E-state index in [1.165, 1.54) is 11.5 Å². The zero-order chi connectivity index (χ0) is 14.5. The second kappa shape index (κ2) is 7.28. The molecule has 2 N–H and O–H groups in total. The number of hydrogen-bond acceptors (Lipinski definition) is 6. The van der Waals surface area contributed by atoms with Crippen LogP contribution >= 0.6 is 23.8 Å². The Labute approximate surface area is 130 Å². The molecule has 1 aliphatic rings. The molecule has 0 saturated carbocycles. The number of anilines is 1. The summed E-state index contributed by atoms with van der Waals surface area (Å²) >= 11 is 6.71. The van der Waals surface area contributed by atoms with Crippen LogP contribution in [0.5, 0.6) is 0 Å². The summed E-state index contributed by atoms with van der Waals surface area (Å²) in [6.45, 7) is 8.19. The highest BCUT2D eigenvalue weighted by atomic mass is 32.1. The van der Waals surface area contributed by atoms with Gasteiger partial charge in [0.25, 0.3) is 0 Å². The Balaban J connectivity index is 1.92. The highest BCUT2D eigenvalue weighted by Gasteiger charge is 2.26. The summed E-state index contributed by atoms with van der Waals surface area (Å²) in [5.41, 5.74) is 5.88. The van der Waals surface area contributed by atoms with Crippen molar-refractivity contribution in [3.8, 4) is 0 Å². The maximum Gasteiger partial charge on any atom is 0.205 e. The second-order valence-corrected chi connectivity index (χ2v) is 6.28. The van der Waals surface area contributed by atoms with Crippen LogP contribution in [-0.4, -0.2) is 51.5 Å². The molecule has 1 saturated heterocycles. The van der Waals surface area contributed by atoms with E-state index in [2.05, 4.69) is 33.0 Å². The lowest BCUT2D eigenvalue weighted by Crippen LogP contribution is -2.53. The SMILES string of the molecule is CCCC(C(N)=S)N1CCN(c2nc(CC)ns2)CC1. The molecule has 7 heteroatoms. The predicted molar refractivity (Wildman–Crippen MR) is 88.6 cm³/mol. The lowest BCUT2D eigenvalue weighted by molar-refractivity contribution is 0.219. The van der Waals surface area contributed by atoms with Gasteiger partial charge in [-0.05, 0) is 6.42 Å². The molecule has 0 amide bonds. The molecule has 0 bridgehead atoms. The van der Waals surface area contributed by atoms with Crippen molar-refractivity contribution >= 4 is 33.9 Å². The molecule has 0 aliphatic carbocycles. The third kappa shape index (κ3) is 3.65. The van der Waals surface area contributed by atoms with Gasteiger partial charge in [-0.15, -0.1) is 0 Å². The summed E-state index contributed by atoms with van der Waals surface area (Å²) in [5, 5.41) is 1.05. The molecule has 5 nitrogen and oxygen atoms in total. The highest BCUT2D eigenvalue weighted by molar-refractivity contribution is 7.80. The first-order chi connectivity index (χ1) is 9.65. The molecule has 0 radical (unpaired) electrons. The molecule has 1 aromatic heterocycles. The van der Waals surface area contributed by atoms with Crippen molar-refractivity contribution in [3.05, 3.63) is 5.82 Å². The van der Waals surface area contributed by atoms with Gasteiger partial charge in [-0.2, -0.15) is 4.37 Å². The number of aromatic nitrogens is 2. The molecular formula is C13H23N5S2. The zero-order valence-electron chi connectivity index (χ0n) is 12.2. The Hall–Kier alpha value is -0.790. The number of rotatable bonds is 6. The van der Waals surface area contributed by atoms with E-state index in [0.29, 0.717) is 4.99 Å². The molecule has 20 heavy (non-hydrogen) atoms. The number of aryl methyl sites for hydroxylation is 1. The van der Waals surface area contributed by atoms with Crippen LogP contribution in [0.2, 0.25) is 0 Å². The summed E-state index contributed by atoms with van der Waals surface area (Å²) in [4.78, 5) is 9.91. The van der Waals surface area contributed by atoms with E-state index in [1.54, 1.807) is 0 Å². The number of nitrogens with two attached hydrogens (primary N) is 1. The summed E-state index contributed by atoms with van der Waals surface area (Å²) in [6.07, 6.45) is 3.06. The van der Waals surface area contributed by atoms with Crippen LogP contribution in [-0.2, 0) is 6.42 Å². The third-order valence-corrected chi connectivity index (χ3v) is 4.78. The van der Waals surface area contributed by atoms with Crippen LogP contribution in [0.25, 0.3) is 0 Å². The molecule has 1 atom stereocenters. The van der Waals surface area contributed by atoms with E-state index in [4.69, 9.17) is 18.0 Å². The van der Waals surface area contributed by atoms with E-state index in [-0.39, 0.29) is 6.04 Å². The Bertz CT molecular complexity index is 440. The van der Waals surface area contributed by atoms with Crippen molar-refractivity contribution in [1.82, 2.24) is 14.3 Å². The molecule has 1 fully saturated rings. The van der Waals surface area contributed by atoms with Crippen LogP contribution in [0.15, 0.2) is 0 Å². The Morgan fingerprint density at radius 1 is 1.35 bits per heavy atom. The minimum absolute atomic E-state index is 0.248. The molecule has 0 aromatic carbocycles. The van der Waals surface area contributed by atoms with E-state index in [1.807, 2.05) is 0 Å². The number of hydrogen-bond donors (Lipinski definition) is 1. The van der Waals surface area contributed by atoms with Crippen molar-refractivity contribution in [2.45, 2.75) is 39.2 Å². The first-order valence-electron chi connectivity index (χ1n) is 7.26. The molecule has 2 heterocycles. The van der Waals surface area contributed by atoms with Crippen LogP contribution < -0.4 is 10.6 Å². The van der Waals surface area contributed by atoms with Gasteiger partial charge in [0.2, 0.25) is 5.13 Å². The highest BCUT2D eigenvalue weighted by Crippen LogP contribution is 2.20. The van der Waals surface area contributed by atoms with Gasteiger partial charge in [-0.25, -0.2) is 4.98 Å². The Morgan fingerprint density at radius 3 is 2.55 bits per heavy atom. The van der Waals surface area contributed by atoms with Crippen molar-refractivity contribution < 1.29 is 0 Å². The fourth-order valence-electron chi connectivity index (χ4n) is 2.52. The lowest BCUT2D eigenvalue weighted by atomic mass is 10.1. The predicted octanol–water partition coefficient (Wildman–Crippen LogP) is 1.68. The van der Waals surface area contributed by atoms with Gasteiger partial charge in [0, 0.05) is 44.1 Å². The van der Waals surface area contributed by atoms with Gasteiger partial charge in [-0.1, -0.05) is 32.5 Å². The third-order valence-electron chi connectivity index (χ3n) is 3.69. The van der Waals surface area contributed by atoms with Crippen LogP contribution in [0.4, 0.5) is 5.13 Å². The van der Waals surface area contributed by atoms with Crippen LogP contribution in [0.3, 0.4) is 0 Å². The lowest BCUT2D eigenvalue weighted by Gasteiger charge is -2.38. The average Bonchev–Trinajstić information content (AvgIpc) is 2.93. The van der Waals surface area contributed by atoms with Crippen LogP contribution in [0.1, 0.15) is 32.5 Å². The topological polar surface area (TPSA) is 58.3 Å². The number of nitrogens with zero attached hydrogens (tertiary/aromatic N) is 4. The molecule has 0 spiro atoms. The fourth-order valence-corrected chi connectivity index (χ4v) is 3.59. The van der Waals surface area contributed by atoms with E-state index in [9.17, 15) is 0 Å². The minimum Gasteiger partial charge on any atom is -0.392 e. The molecular weight excluding hydrogens is 290 g/mol. The maximum atomic E-state index is 5.88. The fraction of sp³-hybridized carbons (Fsp3) is 0.769. The average molecular weight is 313 g/mol. The Morgan fingerprint density at radius 2 is 2.05 bits per heavy atom. The first kappa shape index (κ1) is 15.6. The van der Waals surface area contributed by atoms with Gasteiger partial charge < -0.3 is 10.6 Å².